The molecule has 2 aromatic heterocycles. The standard InChI is InChI=1S/C57H35N3O/c1-2-14-36(15-3-1)43-20-8-9-23-48(43)57-59-55(58-56(60-57)42-19-12-18-40(34-42)46-25-13-27-52-54(46)49-24-10-11-26-51(49)61-52)39-30-28-38(29-31-39)53-45-22-7-5-17-41(45)35-50-44-21-6-4-16-37(44)32-33-47(50)53/h1-35H. The molecule has 0 aliphatic rings. The first-order chi connectivity index (χ1) is 30.2. The number of para-hydroxylation sites is 1. The van der Waals surface area contributed by atoms with Crippen molar-refractivity contribution < 1.29 is 4.42 Å². The summed E-state index contributed by atoms with van der Waals surface area (Å²) in [6.07, 6.45) is 0. The molecule has 2 heterocycles. The average Bonchev–Trinajstić information content (AvgIpc) is 3.73. The monoisotopic (exact) mass is 777 g/mol. The fourth-order valence-electron chi connectivity index (χ4n) is 9.06. The maximum absolute atomic E-state index is 6.27. The largest absolute Gasteiger partial charge is 0.456 e. The van der Waals surface area contributed by atoms with Gasteiger partial charge < -0.3 is 4.42 Å². The summed E-state index contributed by atoms with van der Waals surface area (Å²) in [6.45, 7) is 0. The summed E-state index contributed by atoms with van der Waals surface area (Å²) in [5, 5.41) is 9.59. The van der Waals surface area contributed by atoms with Crippen molar-refractivity contribution in [2.75, 3.05) is 0 Å². The van der Waals surface area contributed by atoms with Gasteiger partial charge in [0.2, 0.25) is 0 Å². The zero-order valence-electron chi connectivity index (χ0n) is 33.0. The predicted molar refractivity (Wildman–Crippen MR) is 252 cm³/mol. The van der Waals surface area contributed by atoms with Gasteiger partial charge in [0.05, 0.1) is 0 Å². The van der Waals surface area contributed by atoms with Gasteiger partial charge in [-0.25, -0.2) is 15.0 Å². The van der Waals surface area contributed by atoms with Crippen LogP contribution in [-0.2, 0) is 0 Å². The average molecular weight is 778 g/mol. The summed E-state index contributed by atoms with van der Waals surface area (Å²) in [4.78, 5) is 15.7. The Balaban J connectivity index is 1.03. The molecule has 284 valence electrons. The van der Waals surface area contributed by atoms with E-state index in [9.17, 15) is 0 Å². The van der Waals surface area contributed by atoms with E-state index < -0.39 is 0 Å². The van der Waals surface area contributed by atoms with Crippen LogP contribution < -0.4 is 0 Å². The van der Waals surface area contributed by atoms with Crippen LogP contribution in [-0.4, -0.2) is 15.0 Å². The molecule has 0 N–H and O–H groups in total. The minimum absolute atomic E-state index is 0.602. The van der Waals surface area contributed by atoms with Crippen molar-refractivity contribution in [2.45, 2.75) is 0 Å². The van der Waals surface area contributed by atoms with E-state index in [4.69, 9.17) is 19.4 Å². The topological polar surface area (TPSA) is 51.8 Å². The Labute approximate surface area is 352 Å². The van der Waals surface area contributed by atoms with Crippen molar-refractivity contribution in [1.82, 2.24) is 15.0 Å². The molecule has 0 amide bonds. The van der Waals surface area contributed by atoms with E-state index in [0.717, 1.165) is 66.4 Å². The molecule has 0 aliphatic heterocycles. The molecule has 4 heteroatoms. The van der Waals surface area contributed by atoms with E-state index in [1.807, 2.05) is 30.3 Å². The van der Waals surface area contributed by atoms with Crippen molar-refractivity contribution in [3.8, 4) is 67.5 Å². The van der Waals surface area contributed by atoms with Crippen molar-refractivity contribution in [2.24, 2.45) is 0 Å². The van der Waals surface area contributed by atoms with Gasteiger partial charge in [-0.15, -0.1) is 0 Å². The van der Waals surface area contributed by atoms with Crippen molar-refractivity contribution >= 4 is 54.3 Å². The highest BCUT2D eigenvalue weighted by molar-refractivity contribution is 6.20. The first-order valence-corrected chi connectivity index (χ1v) is 20.6. The van der Waals surface area contributed by atoms with Gasteiger partial charge in [-0.05, 0) is 90.0 Å². The van der Waals surface area contributed by atoms with Gasteiger partial charge in [-0.3, -0.25) is 0 Å². The molecular formula is C57H35N3O. The second-order valence-electron chi connectivity index (χ2n) is 15.5. The molecule has 0 fully saturated rings. The van der Waals surface area contributed by atoms with E-state index in [0.29, 0.717) is 17.5 Å². The number of rotatable bonds is 6. The molecule has 0 aliphatic carbocycles. The van der Waals surface area contributed by atoms with E-state index in [-0.39, 0.29) is 0 Å². The van der Waals surface area contributed by atoms with Crippen LogP contribution in [0.3, 0.4) is 0 Å². The molecule has 0 saturated carbocycles. The second kappa shape index (κ2) is 14.3. The van der Waals surface area contributed by atoms with Gasteiger partial charge in [0.15, 0.2) is 17.5 Å². The molecule has 12 rings (SSSR count). The highest BCUT2D eigenvalue weighted by Crippen LogP contribution is 2.41. The third-order valence-electron chi connectivity index (χ3n) is 11.9. The van der Waals surface area contributed by atoms with Crippen LogP contribution in [0.2, 0.25) is 0 Å². The normalized spacial score (nSPS) is 11.6. The number of aromatic nitrogens is 3. The van der Waals surface area contributed by atoms with Crippen molar-refractivity contribution in [3.63, 3.8) is 0 Å². The Hall–Kier alpha value is -8.21. The van der Waals surface area contributed by atoms with Crippen molar-refractivity contribution in [3.05, 3.63) is 212 Å². The lowest BCUT2D eigenvalue weighted by molar-refractivity contribution is 0.669. The third-order valence-corrected chi connectivity index (χ3v) is 11.9. The van der Waals surface area contributed by atoms with E-state index in [2.05, 4.69) is 182 Å². The highest BCUT2D eigenvalue weighted by atomic mass is 16.3. The molecular weight excluding hydrogens is 743 g/mol. The maximum atomic E-state index is 6.27. The zero-order chi connectivity index (χ0) is 40.3. The van der Waals surface area contributed by atoms with Crippen LogP contribution in [0.4, 0.5) is 0 Å². The molecule has 0 radical (unpaired) electrons. The molecule has 12 aromatic rings. The number of hydrogen-bond acceptors (Lipinski definition) is 4. The van der Waals surface area contributed by atoms with E-state index in [1.54, 1.807) is 0 Å². The molecule has 4 nitrogen and oxygen atoms in total. The van der Waals surface area contributed by atoms with Gasteiger partial charge in [-0.2, -0.15) is 0 Å². The molecule has 0 spiro atoms. The first kappa shape index (κ1) is 34.8. The van der Waals surface area contributed by atoms with Crippen LogP contribution in [0.5, 0.6) is 0 Å². The first-order valence-electron chi connectivity index (χ1n) is 20.6. The second-order valence-corrected chi connectivity index (χ2v) is 15.5. The Morgan fingerprint density at radius 3 is 1.72 bits per heavy atom. The SMILES string of the molecule is c1ccc(-c2ccccc2-c2nc(-c3ccc(-c4c5ccccc5cc5c4ccc4ccccc45)cc3)nc(-c3cccc(-c4cccc5oc6ccccc6c45)c3)n2)cc1. The van der Waals surface area contributed by atoms with Crippen molar-refractivity contribution in [1.29, 1.82) is 0 Å². The molecule has 0 atom stereocenters. The van der Waals surface area contributed by atoms with Gasteiger partial charge in [0.25, 0.3) is 0 Å². The number of benzene rings is 10. The summed E-state index contributed by atoms with van der Waals surface area (Å²) >= 11 is 0. The van der Waals surface area contributed by atoms with Crippen LogP contribution in [0.25, 0.3) is 122 Å². The Morgan fingerprint density at radius 1 is 0.279 bits per heavy atom. The van der Waals surface area contributed by atoms with Crippen LogP contribution >= 0.6 is 0 Å². The molecule has 61 heavy (non-hydrogen) atoms. The fourth-order valence-corrected chi connectivity index (χ4v) is 9.06. The summed E-state index contributed by atoms with van der Waals surface area (Å²) < 4.78 is 6.27. The van der Waals surface area contributed by atoms with Gasteiger partial charge in [0, 0.05) is 27.5 Å². The number of hydrogen-bond donors (Lipinski definition) is 0. The number of nitrogens with zero attached hydrogens (tertiary/aromatic N) is 3. The fraction of sp³-hybridized carbons (Fsp3) is 0. The Morgan fingerprint density at radius 2 is 0.869 bits per heavy atom. The molecule has 0 saturated heterocycles. The number of furan rings is 1. The summed E-state index contributed by atoms with van der Waals surface area (Å²) in [5.41, 5.74) is 11.2. The smallest absolute Gasteiger partial charge is 0.164 e. The molecule has 0 unspecified atom stereocenters. The quantitative estimate of drug-likeness (QED) is 0.125. The zero-order valence-corrected chi connectivity index (χ0v) is 33.0. The van der Waals surface area contributed by atoms with Crippen LogP contribution in [0, 0.1) is 0 Å². The Kier molecular flexibility index (Phi) is 8.13. The van der Waals surface area contributed by atoms with E-state index >= 15 is 0 Å². The lowest BCUT2D eigenvalue weighted by Crippen LogP contribution is -2.01. The van der Waals surface area contributed by atoms with Crippen LogP contribution in [0.15, 0.2) is 217 Å². The minimum Gasteiger partial charge on any atom is -0.456 e. The maximum Gasteiger partial charge on any atom is 0.164 e. The van der Waals surface area contributed by atoms with Gasteiger partial charge in [-0.1, -0.05) is 188 Å². The lowest BCUT2D eigenvalue weighted by atomic mass is 9.89. The van der Waals surface area contributed by atoms with Crippen LogP contribution in [0.1, 0.15) is 0 Å². The summed E-state index contributed by atoms with van der Waals surface area (Å²) in [6, 6.07) is 74.6. The minimum atomic E-state index is 0.602. The number of fused-ring (bicyclic) bond motifs is 7. The Bertz CT molecular complexity index is 3650. The molecule has 0 bridgehead atoms. The highest BCUT2D eigenvalue weighted by Gasteiger charge is 2.19. The van der Waals surface area contributed by atoms with Gasteiger partial charge in [0.1, 0.15) is 11.2 Å². The molecule has 10 aromatic carbocycles. The van der Waals surface area contributed by atoms with E-state index in [1.165, 1.54) is 37.9 Å². The summed E-state index contributed by atoms with van der Waals surface area (Å²) in [5.74, 6) is 1.82. The van der Waals surface area contributed by atoms with Gasteiger partial charge >= 0.3 is 0 Å². The third kappa shape index (κ3) is 5.96. The predicted octanol–water partition coefficient (Wildman–Crippen LogP) is 15.2. The summed E-state index contributed by atoms with van der Waals surface area (Å²) in [7, 11) is 0. The lowest BCUT2D eigenvalue weighted by Gasteiger charge is -2.15.